The second-order valence-electron chi connectivity index (χ2n) is 4.37. The Balaban J connectivity index is 3.56. The van der Waals surface area contributed by atoms with Crippen LogP contribution in [-0.4, -0.2) is 37.4 Å². The molecule has 0 aromatic rings. The van der Waals surface area contributed by atoms with Gasteiger partial charge in [-0.3, -0.25) is 4.79 Å². The number of rotatable bonds is 7. The van der Waals surface area contributed by atoms with Crippen molar-refractivity contribution in [1.29, 1.82) is 0 Å². The fourth-order valence-corrected chi connectivity index (χ4v) is 1.38. The second-order valence-corrected chi connectivity index (χ2v) is 4.37. The predicted molar refractivity (Wildman–Crippen MR) is 59.5 cm³/mol. The monoisotopic (exact) mass is 217 g/mol. The highest BCUT2D eigenvalue weighted by molar-refractivity contribution is 5.71. The van der Waals surface area contributed by atoms with Crippen molar-refractivity contribution in [2.24, 2.45) is 11.8 Å². The van der Waals surface area contributed by atoms with Gasteiger partial charge in [-0.05, 0) is 12.3 Å². The molecule has 0 aliphatic rings. The molecule has 0 heterocycles. The maximum Gasteiger partial charge on any atom is 0.309 e. The van der Waals surface area contributed by atoms with Crippen molar-refractivity contribution >= 4 is 5.97 Å². The Morgan fingerprint density at radius 1 is 1.33 bits per heavy atom. The van der Waals surface area contributed by atoms with Gasteiger partial charge in [-0.1, -0.05) is 20.8 Å². The number of hydrogen-bond donors (Lipinski definition) is 2. The van der Waals surface area contributed by atoms with E-state index in [0.29, 0.717) is 19.0 Å². The number of aliphatic hydroxyl groups excluding tert-OH is 1. The molecule has 0 aromatic heterocycles. The van der Waals surface area contributed by atoms with Crippen molar-refractivity contribution in [3.8, 4) is 0 Å². The summed E-state index contributed by atoms with van der Waals surface area (Å²) >= 11 is 0. The minimum Gasteiger partial charge on any atom is -0.469 e. The number of nitrogens with one attached hydrogen (secondary N) is 1. The first-order valence-corrected chi connectivity index (χ1v) is 5.44. The molecule has 0 saturated carbocycles. The number of ether oxygens (including phenoxy) is 1. The number of carbonyl (C=O) groups is 1. The fourth-order valence-electron chi connectivity index (χ4n) is 1.38. The molecule has 0 saturated heterocycles. The SMILES string of the molecule is COC(=O)C(C)CNCC(O)CC(C)C. The molecule has 2 atom stereocenters. The van der Waals surface area contributed by atoms with Crippen LogP contribution in [0.25, 0.3) is 0 Å². The van der Waals surface area contributed by atoms with Crippen molar-refractivity contribution in [3.05, 3.63) is 0 Å². The molecule has 0 aromatic carbocycles. The Labute approximate surface area is 92.0 Å². The minimum atomic E-state index is -0.338. The number of hydrogen-bond acceptors (Lipinski definition) is 4. The number of aliphatic hydroxyl groups is 1. The minimum absolute atomic E-state index is 0.166. The summed E-state index contributed by atoms with van der Waals surface area (Å²) in [5.41, 5.74) is 0. The summed E-state index contributed by atoms with van der Waals surface area (Å²) in [5, 5.41) is 12.6. The molecule has 0 spiro atoms. The van der Waals surface area contributed by atoms with Crippen molar-refractivity contribution in [2.75, 3.05) is 20.2 Å². The van der Waals surface area contributed by atoms with E-state index in [1.165, 1.54) is 7.11 Å². The molecule has 4 heteroatoms. The van der Waals surface area contributed by atoms with Gasteiger partial charge < -0.3 is 15.2 Å². The maximum atomic E-state index is 11.0. The van der Waals surface area contributed by atoms with E-state index >= 15 is 0 Å². The number of esters is 1. The first-order valence-electron chi connectivity index (χ1n) is 5.44. The summed E-state index contributed by atoms with van der Waals surface area (Å²) in [6.45, 7) is 7.01. The Morgan fingerprint density at radius 3 is 2.40 bits per heavy atom. The smallest absolute Gasteiger partial charge is 0.309 e. The quantitative estimate of drug-likeness (QED) is 0.619. The molecule has 0 radical (unpaired) electrons. The van der Waals surface area contributed by atoms with Crippen molar-refractivity contribution in [3.63, 3.8) is 0 Å². The van der Waals surface area contributed by atoms with E-state index in [1.54, 1.807) is 6.92 Å². The largest absolute Gasteiger partial charge is 0.469 e. The van der Waals surface area contributed by atoms with Crippen LogP contribution in [0.15, 0.2) is 0 Å². The second kappa shape index (κ2) is 7.65. The zero-order chi connectivity index (χ0) is 11.8. The van der Waals surface area contributed by atoms with Gasteiger partial charge in [0.15, 0.2) is 0 Å². The van der Waals surface area contributed by atoms with Gasteiger partial charge in [-0.15, -0.1) is 0 Å². The van der Waals surface area contributed by atoms with Crippen LogP contribution in [0, 0.1) is 11.8 Å². The summed E-state index contributed by atoms with van der Waals surface area (Å²) in [6, 6.07) is 0. The summed E-state index contributed by atoms with van der Waals surface area (Å²) < 4.78 is 4.59. The van der Waals surface area contributed by atoms with Crippen LogP contribution in [0.5, 0.6) is 0 Å². The van der Waals surface area contributed by atoms with Crippen molar-refractivity contribution in [1.82, 2.24) is 5.32 Å². The van der Waals surface area contributed by atoms with Crippen LogP contribution >= 0.6 is 0 Å². The zero-order valence-corrected chi connectivity index (χ0v) is 10.1. The van der Waals surface area contributed by atoms with Gasteiger partial charge in [0.2, 0.25) is 0 Å². The number of carbonyl (C=O) groups excluding carboxylic acids is 1. The van der Waals surface area contributed by atoms with Crippen LogP contribution in [0.3, 0.4) is 0 Å². The topological polar surface area (TPSA) is 58.6 Å². The highest BCUT2D eigenvalue weighted by Crippen LogP contribution is 2.03. The average Bonchev–Trinajstić information content (AvgIpc) is 2.15. The molecule has 0 aliphatic heterocycles. The van der Waals surface area contributed by atoms with E-state index in [2.05, 4.69) is 23.9 Å². The molecule has 90 valence electrons. The molecular formula is C11H23NO3. The Bertz CT molecular complexity index is 183. The third kappa shape index (κ3) is 7.33. The molecule has 0 amide bonds. The highest BCUT2D eigenvalue weighted by atomic mass is 16.5. The van der Waals surface area contributed by atoms with Gasteiger partial charge in [-0.2, -0.15) is 0 Å². The van der Waals surface area contributed by atoms with Gasteiger partial charge >= 0.3 is 5.97 Å². The van der Waals surface area contributed by atoms with E-state index in [-0.39, 0.29) is 18.0 Å². The molecular weight excluding hydrogens is 194 g/mol. The maximum absolute atomic E-state index is 11.0. The first-order chi connectivity index (χ1) is 6.97. The van der Waals surface area contributed by atoms with Gasteiger partial charge in [-0.25, -0.2) is 0 Å². The number of methoxy groups -OCH3 is 1. The van der Waals surface area contributed by atoms with Gasteiger partial charge in [0.25, 0.3) is 0 Å². The molecule has 2 N–H and O–H groups in total. The molecule has 0 aliphatic carbocycles. The van der Waals surface area contributed by atoms with Gasteiger partial charge in [0.05, 0.1) is 19.1 Å². The third-order valence-corrected chi connectivity index (χ3v) is 2.18. The van der Waals surface area contributed by atoms with Gasteiger partial charge in [0, 0.05) is 13.1 Å². The molecule has 0 rings (SSSR count). The standard InChI is InChI=1S/C11H23NO3/c1-8(2)5-10(13)7-12-6-9(3)11(14)15-4/h8-10,12-13H,5-7H2,1-4H3. The molecule has 4 nitrogen and oxygen atoms in total. The Hall–Kier alpha value is -0.610. The van der Waals surface area contributed by atoms with E-state index in [9.17, 15) is 9.90 Å². The van der Waals surface area contributed by atoms with Crippen LogP contribution in [0.4, 0.5) is 0 Å². The highest BCUT2D eigenvalue weighted by Gasteiger charge is 2.13. The van der Waals surface area contributed by atoms with E-state index in [0.717, 1.165) is 6.42 Å². The molecule has 15 heavy (non-hydrogen) atoms. The summed E-state index contributed by atoms with van der Waals surface area (Å²) in [6.07, 6.45) is 0.439. The summed E-state index contributed by atoms with van der Waals surface area (Å²) in [7, 11) is 1.38. The summed E-state index contributed by atoms with van der Waals surface area (Å²) in [5.74, 6) is 0.0990. The predicted octanol–water partition coefficient (Wildman–Crippen LogP) is 0.792. The third-order valence-electron chi connectivity index (χ3n) is 2.18. The zero-order valence-electron chi connectivity index (χ0n) is 10.1. The van der Waals surface area contributed by atoms with E-state index in [4.69, 9.17) is 0 Å². The lowest BCUT2D eigenvalue weighted by Gasteiger charge is -2.15. The van der Waals surface area contributed by atoms with Crippen molar-refractivity contribution in [2.45, 2.75) is 33.3 Å². The average molecular weight is 217 g/mol. The van der Waals surface area contributed by atoms with Crippen LogP contribution in [-0.2, 0) is 9.53 Å². The van der Waals surface area contributed by atoms with Gasteiger partial charge in [0.1, 0.15) is 0 Å². The summed E-state index contributed by atoms with van der Waals surface area (Å²) in [4.78, 5) is 11.0. The molecule has 0 bridgehead atoms. The van der Waals surface area contributed by atoms with Crippen LogP contribution < -0.4 is 5.32 Å². The van der Waals surface area contributed by atoms with Crippen molar-refractivity contribution < 1.29 is 14.6 Å². The van der Waals surface area contributed by atoms with Crippen LogP contribution in [0.2, 0.25) is 0 Å². The molecule has 2 unspecified atom stereocenters. The van der Waals surface area contributed by atoms with E-state index in [1.807, 2.05) is 0 Å². The normalized spacial score (nSPS) is 15.1. The van der Waals surface area contributed by atoms with Crippen LogP contribution in [0.1, 0.15) is 27.2 Å². The fraction of sp³-hybridized carbons (Fsp3) is 0.909. The lowest BCUT2D eigenvalue weighted by atomic mass is 10.1. The van der Waals surface area contributed by atoms with E-state index < -0.39 is 0 Å². The lowest BCUT2D eigenvalue weighted by molar-refractivity contribution is -0.144. The first kappa shape index (κ1) is 14.4. The lowest BCUT2D eigenvalue weighted by Crippen LogP contribution is -2.33. The Morgan fingerprint density at radius 2 is 1.93 bits per heavy atom. The molecule has 0 fully saturated rings. The Kier molecular flexibility index (Phi) is 7.34.